The Morgan fingerprint density at radius 3 is 2.38 bits per heavy atom. The third kappa shape index (κ3) is 6.27. The molecule has 0 radical (unpaired) electrons. The van der Waals surface area contributed by atoms with E-state index in [2.05, 4.69) is 27.5 Å². The summed E-state index contributed by atoms with van der Waals surface area (Å²) in [5, 5.41) is 13.3. The Kier molecular flexibility index (Phi) is 9.27. The van der Waals surface area contributed by atoms with Crippen LogP contribution in [0, 0.1) is 0 Å². The van der Waals surface area contributed by atoms with E-state index in [1.54, 1.807) is 14.2 Å². The van der Waals surface area contributed by atoms with Crippen molar-refractivity contribution in [2.75, 3.05) is 72.5 Å². The van der Waals surface area contributed by atoms with Gasteiger partial charge in [0.15, 0.2) is 17.4 Å². The lowest BCUT2D eigenvalue weighted by Gasteiger charge is -2.35. The van der Waals surface area contributed by atoms with Gasteiger partial charge in [0, 0.05) is 69.5 Å². The molecule has 1 aliphatic rings. The van der Waals surface area contributed by atoms with Crippen molar-refractivity contribution in [3.05, 3.63) is 48.2 Å². The zero-order chi connectivity index (χ0) is 28.2. The lowest BCUT2D eigenvalue weighted by Crippen LogP contribution is -2.46. The van der Waals surface area contributed by atoms with Crippen LogP contribution in [-0.4, -0.2) is 94.9 Å². The Balaban J connectivity index is 1.69. The molecular weight excluding hydrogens is 518 g/mol. The van der Waals surface area contributed by atoms with Crippen molar-refractivity contribution in [2.45, 2.75) is 25.8 Å². The summed E-state index contributed by atoms with van der Waals surface area (Å²) < 4.78 is 41.1. The first kappa shape index (κ1) is 29.0. The number of hydrogen-bond donors (Lipinski definition) is 2. The molecule has 0 bridgehead atoms. The van der Waals surface area contributed by atoms with E-state index in [0.29, 0.717) is 24.3 Å². The number of ether oxygens (including phenoxy) is 2. The normalized spacial score (nSPS) is 15.7. The number of piperazine rings is 1. The highest BCUT2D eigenvalue weighted by Crippen LogP contribution is 2.40. The molecule has 39 heavy (non-hydrogen) atoms. The minimum atomic E-state index is -3.52. The number of rotatable bonds is 12. The lowest BCUT2D eigenvalue weighted by atomic mass is 10.0. The fraction of sp³-hybridized carbons (Fsp3) is 0.500. The number of aromatic nitrogens is 1. The van der Waals surface area contributed by atoms with Gasteiger partial charge in [0.1, 0.15) is 0 Å². The van der Waals surface area contributed by atoms with Gasteiger partial charge in [0.2, 0.25) is 0 Å². The van der Waals surface area contributed by atoms with Gasteiger partial charge in [-0.15, -0.1) is 0 Å². The van der Waals surface area contributed by atoms with Gasteiger partial charge in [-0.1, -0.05) is 19.1 Å². The fourth-order valence-corrected chi connectivity index (χ4v) is 5.85. The van der Waals surface area contributed by atoms with Crippen molar-refractivity contribution in [1.82, 2.24) is 18.5 Å². The molecule has 0 unspecified atom stereocenters. The van der Waals surface area contributed by atoms with Gasteiger partial charge in [0.25, 0.3) is 10.2 Å². The Bertz CT molecular complexity index is 1370. The minimum Gasteiger partial charge on any atom is -0.494 e. The molecule has 1 aromatic heterocycles. The molecule has 0 spiro atoms. The van der Waals surface area contributed by atoms with Crippen LogP contribution in [0.4, 0.5) is 5.69 Å². The van der Waals surface area contributed by atoms with Crippen molar-refractivity contribution in [3.8, 4) is 17.4 Å². The number of fused-ring (bicyclic) bond motifs is 1. The monoisotopic (exact) mass is 559 g/mol. The third-order valence-electron chi connectivity index (χ3n) is 7.54. The van der Waals surface area contributed by atoms with Crippen LogP contribution in [0.25, 0.3) is 10.8 Å². The van der Waals surface area contributed by atoms with Crippen LogP contribution in [-0.2, 0) is 10.2 Å². The summed E-state index contributed by atoms with van der Waals surface area (Å²) in [5.41, 5.74) is 2.04. The predicted molar refractivity (Wildman–Crippen MR) is 155 cm³/mol. The molecule has 3 aromatic rings. The van der Waals surface area contributed by atoms with E-state index in [9.17, 15) is 13.5 Å². The van der Waals surface area contributed by atoms with Crippen LogP contribution in [0.5, 0.6) is 17.4 Å². The summed E-state index contributed by atoms with van der Waals surface area (Å²) in [6.45, 7) is 7.40. The Morgan fingerprint density at radius 2 is 1.74 bits per heavy atom. The second-order valence-corrected chi connectivity index (χ2v) is 11.9. The van der Waals surface area contributed by atoms with Gasteiger partial charge in [-0.2, -0.15) is 12.7 Å². The summed E-state index contributed by atoms with van der Waals surface area (Å²) in [7, 11) is 2.67. The van der Waals surface area contributed by atoms with Gasteiger partial charge in [-0.25, -0.2) is 4.72 Å². The van der Waals surface area contributed by atoms with Gasteiger partial charge in [0.05, 0.1) is 20.3 Å². The number of anilines is 1. The first-order valence-corrected chi connectivity index (χ1v) is 14.8. The van der Waals surface area contributed by atoms with Crippen LogP contribution >= 0.6 is 0 Å². The maximum absolute atomic E-state index is 12.2. The number of likely N-dealkylation sites (N-methyl/N-ethyl adjacent to an activating group) is 1. The maximum Gasteiger partial charge on any atom is 0.278 e. The van der Waals surface area contributed by atoms with E-state index in [-0.39, 0.29) is 18.5 Å². The fourth-order valence-electron chi connectivity index (χ4n) is 5.19. The van der Waals surface area contributed by atoms with E-state index in [1.807, 2.05) is 41.1 Å². The summed E-state index contributed by atoms with van der Waals surface area (Å²) in [6.07, 6.45) is 3.17. The van der Waals surface area contributed by atoms with E-state index in [1.165, 1.54) is 14.1 Å². The summed E-state index contributed by atoms with van der Waals surface area (Å²) in [5.74, 6) is 1.40. The molecule has 2 heterocycles. The first-order chi connectivity index (χ1) is 18.7. The van der Waals surface area contributed by atoms with E-state index < -0.39 is 10.2 Å². The highest BCUT2D eigenvalue weighted by Gasteiger charge is 2.24. The Hall–Kier alpha value is -2.99. The summed E-state index contributed by atoms with van der Waals surface area (Å²) >= 11 is 0. The van der Waals surface area contributed by atoms with Crippen LogP contribution in [0.15, 0.2) is 42.6 Å². The van der Waals surface area contributed by atoms with E-state index >= 15 is 0 Å². The zero-order valence-electron chi connectivity index (χ0n) is 23.6. The van der Waals surface area contributed by atoms with Gasteiger partial charge in [-0.05, 0) is 49.2 Å². The van der Waals surface area contributed by atoms with Gasteiger partial charge >= 0.3 is 0 Å². The van der Waals surface area contributed by atoms with Crippen molar-refractivity contribution >= 4 is 26.7 Å². The second kappa shape index (κ2) is 12.5. The lowest BCUT2D eigenvalue weighted by molar-refractivity contribution is 0.271. The molecule has 2 aromatic carbocycles. The highest BCUT2D eigenvalue weighted by molar-refractivity contribution is 7.87. The molecule has 214 valence electrons. The van der Waals surface area contributed by atoms with Gasteiger partial charge in [-0.3, -0.25) is 0 Å². The number of aromatic hydroxyl groups is 1. The van der Waals surface area contributed by atoms with Crippen LogP contribution in [0.3, 0.4) is 0 Å². The SMILES string of the molecule is CCN1CCN(c2cccc3c(O)n([C@H](CCCNS(=O)(=O)N(C)C)c4ccc(OC)c(OC)c4)cc23)CC1. The molecule has 0 amide bonds. The zero-order valence-corrected chi connectivity index (χ0v) is 24.4. The minimum absolute atomic E-state index is 0.188. The van der Waals surface area contributed by atoms with E-state index in [4.69, 9.17) is 9.47 Å². The molecule has 11 heteroatoms. The summed E-state index contributed by atoms with van der Waals surface area (Å²) in [6, 6.07) is 11.5. The van der Waals surface area contributed by atoms with Crippen molar-refractivity contribution < 1.29 is 23.0 Å². The number of benzene rings is 2. The highest BCUT2D eigenvalue weighted by atomic mass is 32.2. The predicted octanol–water partition coefficient (Wildman–Crippen LogP) is 3.27. The van der Waals surface area contributed by atoms with Crippen LogP contribution in [0.2, 0.25) is 0 Å². The number of nitrogens with one attached hydrogen (secondary N) is 1. The second-order valence-electron chi connectivity index (χ2n) is 9.97. The number of methoxy groups -OCH3 is 2. The smallest absolute Gasteiger partial charge is 0.278 e. The Labute approximate surface area is 231 Å². The molecule has 1 atom stereocenters. The number of hydrogen-bond acceptors (Lipinski definition) is 7. The molecule has 0 aliphatic carbocycles. The standard InChI is InChI=1S/C28H41N5O5S/c1-6-31-15-17-32(18-16-31)25-10-7-9-22-23(25)20-33(28(22)34)24(11-8-14-29-39(35,36)30(2)3)21-12-13-26(37-4)27(19-21)38-5/h7,9-10,12-13,19-20,24,29,34H,6,8,11,14-18H2,1-5H3/t24-/m1/s1. The summed E-state index contributed by atoms with van der Waals surface area (Å²) in [4.78, 5) is 4.83. The molecular formula is C28H41N5O5S. The number of nitrogens with zero attached hydrogens (tertiary/aromatic N) is 4. The van der Waals surface area contributed by atoms with E-state index in [0.717, 1.165) is 59.1 Å². The third-order valence-corrected chi connectivity index (χ3v) is 9.07. The largest absolute Gasteiger partial charge is 0.494 e. The first-order valence-electron chi connectivity index (χ1n) is 13.4. The maximum atomic E-state index is 12.2. The average Bonchev–Trinajstić information content (AvgIpc) is 3.28. The van der Waals surface area contributed by atoms with Crippen molar-refractivity contribution in [1.29, 1.82) is 0 Å². The van der Waals surface area contributed by atoms with Crippen LogP contribution < -0.4 is 19.1 Å². The molecule has 1 fully saturated rings. The molecule has 1 saturated heterocycles. The quantitative estimate of drug-likeness (QED) is 0.329. The Morgan fingerprint density at radius 1 is 1.03 bits per heavy atom. The molecule has 0 saturated carbocycles. The van der Waals surface area contributed by atoms with Gasteiger partial charge < -0.3 is 28.9 Å². The van der Waals surface area contributed by atoms with Crippen molar-refractivity contribution in [3.63, 3.8) is 0 Å². The molecule has 10 nitrogen and oxygen atoms in total. The van der Waals surface area contributed by atoms with Crippen LogP contribution in [0.1, 0.15) is 31.4 Å². The average molecular weight is 560 g/mol. The molecule has 1 aliphatic heterocycles. The van der Waals surface area contributed by atoms with Crippen molar-refractivity contribution in [2.24, 2.45) is 0 Å². The molecule has 4 rings (SSSR count). The topological polar surface area (TPSA) is 99.5 Å². The molecule has 2 N–H and O–H groups in total.